The van der Waals surface area contributed by atoms with E-state index in [0.29, 0.717) is 0 Å². The van der Waals surface area contributed by atoms with Gasteiger partial charge in [0.05, 0.1) is 6.61 Å². The Balaban J connectivity index is 3.10. The number of carboxylic acids is 1. The molecule has 0 spiro atoms. The molecule has 0 saturated heterocycles. The Morgan fingerprint density at radius 2 is 2.21 bits per heavy atom. The Morgan fingerprint density at radius 3 is 2.64 bits per heavy atom. The Kier molecular flexibility index (Phi) is 3.43. The third-order valence-electron chi connectivity index (χ3n) is 1.82. The highest BCUT2D eigenvalue weighted by atomic mass is 35.5. The monoisotopic (exact) mass is 218 g/mol. The van der Waals surface area contributed by atoms with Crippen LogP contribution in [-0.4, -0.2) is 22.8 Å². The quantitative estimate of drug-likeness (QED) is 0.811. The first-order valence-corrected chi connectivity index (χ1v) is 4.22. The minimum Gasteiger partial charge on any atom is -0.481 e. The Bertz CT molecular complexity index is 354. The Hall–Kier alpha value is -1.13. The lowest BCUT2D eigenvalue weighted by atomic mass is 10.00. The van der Waals surface area contributed by atoms with Crippen molar-refractivity contribution in [2.45, 2.75) is 5.92 Å². The Labute approximate surface area is 84.7 Å². The minimum atomic E-state index is -1.27. The van der Waals surface area contributed by atoms with Gasteiger partial charge in [0, 0.05) is 10.6 Å². The average Bonchev–Trinajstić information content (AvgIpc) is 2.09. The number of aliphatic hydroxyl groups excluding tert-OH is 1. The van der Waals surface area contributed by atoms with E-state index in [0.717, 1.165) is 6.07 Å². The zero-order valence-corrected chi connectivity index (χ0v) is 7.83. The summed E-state index contributed by atoms with van der Waals surface area (Å²) < 4.78 is 13.2. The summed E-state index contributed by atoms with van der Waals surface area (Å²) in [5, 5.41) is 17.6. The average molecular weight is 219 g/mol. The molecule has 2 N–H and O–H groups in total. The number of benzene rings is 1. The molecule has 0 bridgehead atoms. The summed E-state index contributed by atoms with van der Waals surface area (Å²) in [5.74, 6) is -3.24. The molecule has 1 aromatic carbocycles. The molecule has 0 radical (unpaired) electrons. The molecule has 0 aromatic heterocycles. The van der Waals surface area contributed by atoms with Crippen LogP contribution in [0.4, 0.5) is 4.39 Å². The van der Waals surface area contributed by atoms with Crippen molar-refractivity contribution in [1.29, 1.82) is 0 Å². The summed E-state index contributed by atoms with van der Waals surface area (Å²) in [4.78, 5) is 10.6. The summed E-state index contributed by atoms with van der Waals surface area (Å²) in [7, 11) is 0. The van der Waals surface area contributed by atoms with Gasteiger partial charge in [-0.3, -0.25) is 4.79 Å². The van der Waals surface area contributed by atoms with Crippen LogP contribution in [0.15, 0.2) is 18.2 Å². The molecule has 0 amide bonds. The molecule has 0 aliphatic heterocycles. The maximum absolute atomic E-state index is 13.2. The highest BCUT2D eigenvalue weighted by Gasteiger charge is 2.22. The van der Waals surface area contributed by atoms with Gasteiger partial charge in [0.2, 0.25) is 0 Å². The van der Waals surface area contributed by atoms with Crippen molar-refractivity contribution in [2.75, 3.05) is 6.61 Å². The number of carboxylic acid groups (broad SMARTS) is 1. The standard InChI is InChI=1S/C9H8ClFO3/c10-5-1-2-6(8(11)3-5)7(4-12)9(13)14/h1-3,7,12H,4H2,(H,13,14). The molecule has 14 heavy (non-hydrogen) atoms. The van der Waals surface area contributed by atoms with Gasteiger partial charge in [0.25, 0.3) is 0 Å². The van der Waals surface area contributed by atoms with Crippen LogP contribution < -0.4 is 0 Å². The van der Waals surface area contributed by atoms with Crippen molar-refractivity contribution in [3.05, 3.63) is 34.6 Å². The summed E-state index contributed by atoms with van der Waals surface area (Å²) in [6, 6.07) is 3.65. The van der Waals surface area contributed by atoms with Gasteiger partial charge < -0.3 is 10.2 Å². The van der Waals surface area contributed by atoms with Gasteiger partial charge in [-0.25, -0.2) is 4.39 Å². The lowest BCUT2D eigenvalue weighted by Gasteiger charge is -2.10. The molecule has 0 aliphatic carbocycles. The van der Waals surface area contributed by atoms with Gasteiger partial charge in [0.15, 0.2) is 0 Å². The third-order valence-corrected chi connectivity index (χ3v) is 2.05. The zero-order valence-electron chi connectivity index (χ0n) is 7.08. The molecule has 76 valence electrons. The van der Waals surface area contributed by atoms with Crippen molar-refractivity contribution in [1.82, 2.24) is 0 Å². The van der Waals surface area contributed by atoms with E-state index in [4.69, 9.17) is 21.8 Å². The van der Waals surface area contributed by atoms with Gasteiger partial charge in [-0.15, -0.1) is 0 Å². The van der Waals surface area contributed by atoms with Crippen LogP contribution in [0.2, 0.25) is 5.02 Å². The van der Waals surface area contributed by atoms with Crippen molar-refractivity contribution < 1.29 is 19.4 Å². The topological polar surface area (TPSA) is 57.5 Å². The number of rotatable bonds is 3. The number of carbonyl (C=O) groups is 1. The maximum Gasteiger partial charge on any atom is 0.313 e. The number of aliphatic hydroxyl groups is 1. The molecule has 1 aromatic rings. The fourth-order valence-electron chi connectivity index (χ4n) is 1.09. The molecule has 0 aliphatic rings. The Morgan fingerprint density at radius 1 is 1.57 bits per heavy atom. The fourth-order valence-corrected chi connectivity index (χ4v) is 1.25. The van der Waals surface area contributed by atoms with Crippen LogP contribution in [0.1, 0.15) is 11.5 Å². The number of hydrogen-bond donors (Lipinski definition) is 2. The van der Waals surface area contributed by atoms with E-state index in [1.165, 1.54) is 12.1 Å². The molecule has 1 atom stereocenters. The van der Waals surface area contributed by atoms with Crippen LogP contribution in [0.25, 0.3) is 0 Å². The third kappa shape index (κ3) is 2.21. The number of hydrogen-bond acceptors (Lipinski definition) is 2. The first kappa shape index (κ1) is 10.9. The second kappa shape index (κ2) is 4.39. The summed E-state index contributed by atoms with van der Waals surface area (Å²) >= 11 is 5.49. The predicted molar refractivity (Wildman–Crippen MR) is 48.9 cm³/mol. The van der Waals surface area contributed by atoms with Crippen LogP contribution in [0.3, 0.4) is 0 Å². The molecule has 5 heteroatoms. The maximum atomic E-state index is 13.2. The second-order valence-electron chi connectivity index (χ2n) is 2.74. The summed E-state index contributed by atoms with van der Waals surface area (Å²) in [5.41, 5.74) is -0.0654. The van der Waals surface area contributed by atoms with Crippen LogP contribution >= 0.6 is 11.6 Å². The fraction of sp³-hybridized carbons (Fsp3) is 0.222. The van der Waals surface area contributed by atoms with E-state index in [1.54, 1.807) is 0 Å². The van der Waals surface area contributed by atoms with Crippen LogP contribution in [-0.2, 0) is 4.79 Å². The molecule has 0 saturated carbocycles. The molecule has 0 heterocycles. The zero-order chi connectivity index (χ0) is 10.7. The van der Waals surface area contributed by atoms with Gasteiger partial charge in [0.1, 0.15) is 11.7 Å². The number of aliphatic carboxylic acids is 1. The SMILES string of the molecule is O=C(O)C(CO)c1ccc(Cl)cc1F. The molecular formula is C9H8ClFO3. The van der Waals surface area contributed by atoms with Crippen molar-refractivity contribution in [3.63, 3.8) is 0 Å². The number of halogens is 2. The van der Waals surface area contributed by atoms with Crippen LogP contribution in [0, 0.1) is 5.82 Å². The molecule has 1 unspecified atom stereocenters. The van der Waals surface area contributed by atoms with Gasteiger partial charge in [-0.05, 0) is 12.1 Å². The van der Waals surface area contributed by atoms with E-state index >= 15 is 0 Å². The summed E-state index contributed by atoms with van der Waals surface area (Å²) in [6.07, 6.45) is 0. The van der Waals surface area contributed by atoms with Crippen molar-refractivity contribution in [3.8, 4) is 0 Å². The van der Waals surface area contributed by atoms with E-state index in [1.807, 2.05) is 0 Å². The minimum absolute atomic E-state index is 0.0654. The molecular weight excluding hydrogens is 211 g/mol. The van der Waals surface area contributed by atoms with Gasteiger partial charge >= 0.3 is 5.97 Å². The lowest BCUT2D eigenvalue weighted by Crippen LogP contribution is -2.16. The van der Waals surface area contributed by atoms with E-state index < -0.39 is 24.3 Å². The van der Waals surface area contributed by atoms with E-state index in [2.05, 4.69) is 0 Å². The lowest BCUT2D eigenvalue weighted by molar-refractivity contribution is -0.139. The first-order valence-electron chi connectivity index (χ1n) is 3.85. The van der Waals surface area contributed by atoms with E-state index in [9.17, 15) is 9.18 Å². The predicted octanol–water partition coefficient (Wildman–Crippen LogP) is 1.64. The van der Waals surface area contributed by atoms with Crippen LogP contribution in [0.5, 0.6) is 0 Å². The molecule has 3 nitrogen and oxygen atoms in total. The van der Waals surface area contributed by atoms with Gasteiger partial charge in [-0.1, -0.05) is 17.7 Å². The molecule has 0 fully saturated rings. The van der Waals surface area contributed by atoms with E-state index in [-0.39, 0.29) is 10.6 Å². The smallest absolute Gasteiger partial charge is 0.313 e. The first-order chi connectivity index (χ1) is 6.56. The highest BCUT2D eigenvalue weighted by Crippen LogP contribution is 2.22. The normalized spacial score (nSPS) is 12.5. The van der Waals surface area contributed by atoms with Gasteiger partial charge in [-0.2, -0.15) is 0 Å². The largest absolute Gasteiger partial charge is 0.481 e. The summed E-state index contributed by atoms with van der Waals surface area (Å²) in [6.45, 7) is -0.645. The molecule has 1 rings (SSSR count). The highest BCUT2D eigenvalue weighted by molar-refractivity contribution is 6.30. The second-order valence-corrected chi connectivity index (χ2v) is 3.18. The van der Waals surface area contributed by atoms with Crippen molar-refractivity contribution in [2.24, 2.45) is 0 Å². The van der Waals surface area contributed by atoms with Crippen molar-refractivity contribution >= 4 is 17.6 Å².